The molecule has 0 spiro atoms. The zero-order valence-electron chi connectivity index (χ0n) is 9.93. The van der Waals surface area contributed by atoms with E-state index >= 15 is 0 Å². The first-order chi connectivity index (χ1) is 6.37. The van der Waals surface area contributed by atoms with Crippen LogP contribution in [-0.2, 0) is 0 Å². The maximum Gasteiger partial charge on any atom is 0.318 e. The van der Waals surface area contributed by atoms with Crippen LogP contribution in [0.5, 0.6) is 0 Å². The van der Waals surface area contributed by atoms with Crippen molar-refractivity contribution in [3.63, 3.8) is 0 Å². The van der Waals surface area contributed by atoms with Crippen LogP contribution in [0.4, 0.5) is 0 Å². The third-order valence-electron chi connectivity index (χ3n) is 2.68. The van der Waals surface area contributed by atoms with Crippen LogP contribution in [0.25, 0.3) is 0 Å². The Hall–Kier alpha value is -0.0600. The molecule has 2 nitrogen and oxygen atoms in total. The monoisotopic (exact) mass is 307 g/mol. The smallest absolute Gasteiger partial charge is 0.220 e. The summed E-state index contributed by atoms with van der Waals surface area (Å²) in [5.41, 5.74) is 2.77. The van der Waals surface area contributed by atoms with E-state index in [4.69, 9.17) is 0 Å². The van der Waals surface area contributed by atoms with E-state index in [9.17, 15) is 0 Å². The van der Waals surface area contributed by atoms with Crippen LogP contribution in [0.2, 0.25) is 0 Å². The molecule has 0 aliphatic rings. The highest BCUT2D eigenvalue weighted by Crippen LogP contribution is 2.18. The van der Waals surface area contributed by atoms with Crippen molar-refractivity contribution in [2.45, 2.75) is 53.6 Å². The Morgan fingerprint density at radius 1 is 1.14 bits per heavy atom. The fourth-order valence-electron chi connectivity index (χ4n) is 1.94. The van der Waals surface area contributed by atoms with Gasteiger partial charge in [0, 0.05) is 13.8 Å². The Labute approximate surface area is 100 Å². The number of imidazole rings is 1. The summed E-state index contributed by atoms with van der Waals surface area (Å²) in [5, 5.41) is 0. The van der Waals surface area contributed by atoms with Gasteiger partial charge in [0.2, 0.25) is 0 Å². The summed E-state index contributed by atoms with van der Waals surface area (Å²) >= 11 is 2.44. The molecule has 0 amide bonds. The molecule has 0 bridgehead atoms. The van der Waals surface area contributed by atoms with Gasteiger partial charge in [0.05, 0.1) is 34.7 Å². The molecule has 1 rings (SSSR count). The van der Waals surface area contributed by atoms with Gasteiger partial charge in [0.25, 0.3) is 0 Å². The van der Waals surface area contributed by atoms with Crippen LogP contribution in [0.15, 0.2) is 0 Å². The van der Waals surface area contributed by atoms with Gasteiger partial charge >= 0.3 is 3.83 Å². The molecular formula is C11H20IN2+. The van der Waals surface area contributed by atoms with E-state index in [0.717, 1.165) is 0 Å². The molecule has 0 atom stereocenters. The minimum absolute atomic E-state index is 0.542. The van der Waals surface area contributed by atoms with Crippen LogP contribution in [0, 0.1) is 17.7 Å². The Balaban J connectivity index is 3.41. The second kappa shape index (κ2) is 4.21. The zero-order chi connectivity index (χ0) is 11.0. The van der Waals surface area contributed by atoms with Crippen LogP contribution in [-0.4, -0.2) is 4.57 Å². The average Bonchev–Trinajstić information content (AvgIpc) is 2.23. The molecule has 0 aliphatic carbocycles. The largest absolute Gasteiger partial charge is 0.318 e. The van der Waals surface area contributed by atoms with Gasteiger partial charge in [-0.15, -0.1) is 0 Å². The molecule has 1 aromatic rings. The summed E-state index contributed by atoms with van der Waals surface area (Å²) in [6.07, 6.45) is 0. The van der Waals surface area contributed by atoms with Crippen molar-refractivity contribution in [3.8, 4) is 0 Å². The van der Waals surface area contributed by atoms with Crippen molar-refractivity contribution in [2.75, 3.05) is 0 Å². The third-order valence-corrected chi connectivity index (χ3v) is 3.72. The number of rotatable bonds is 2. The molecule has 0 fully saturated rings. The Bertz CT molecular complexity index is 306. The van der Waals surface area contributed by atoms with Crippen LogP contribution in [0.3, 0.4) is 0 Å². The summed E-state index contributed by atoms with van der Waals surface area (Å²) in [4.78, 5) is 0. The van der Waals surface area contributed by atoms with Crippen molar-refractivity contribution in [3.05, 3.63) is 15.2 Å². The lowest BCUT2D eigenvalue weighted by Crippen LogP contribution is -2.41. The van der Waals surface area contributed by atoms with Gasteiger partial charge in [-0.3, -0.25) is 0 Å². The fourth-order valence-corrected chi connectivity index (χ4v) is 3.78. The molecule has 0 saturated carbocycles. The first-order valence-corrected chi connectivity index (χ1v) is 6.24. The number of hydrogen-bond acceptors (Lipinski definition) is 0. The quantitative estimate of drug-likeness (QED) is 0.586. The normalized spacial score (nSPS) is 11.8. The lowest BCUT2D eigenvalue weighted by Gasteiger charge is -2.05. The second-order valence-corrected chi connectivity index (χ2v) is 5.33. The first-order valence-electron chi connectivity index (χ1n) is 5.16. The zero-order valence-corrected chi connectivity index (χ0v) is 12.1. The topological polar surface area (TPSA) is 8.81 Å². The molecule has 1 heterocycles. The predicted molar refractivity (Wildman–Crippen MR) is 67.6 cm³/mol. The molecule has 0 saturated heterocycles. The van der Waals surface area contributed by atoms with Crippen molar-refractivity contribution < 1.29 is 4.57 Å². The Kier molecular flexibility index (Phi) is 3.61. The Morgan fingerprint density at radius 3 is 1.86 bits per heavy atom. The van der Waals surface area contributed by atoms with E-state index < -0.39 is 0 Å². The van der Waals surface area contributed by atoms with Crippen LogP contribution in [0.1, 0.15) is 51.2 Å². The van der Waals surface area contributed by atoms with E-state index in [1.807, 2.05) is 0 Å². The summed E-state index contributed by atoms with van der Waals surface area (Å²) in [6.45, 7) is 13.4. The van der Waals surface area contributed by atoms with E-state index in [1.54, 1.807) is 0 Å². The Morgan fingerprint density at radius 2 is 1.64 bits per heavy atom. The number of aromatic nitrogens is 2. The lowest BCUT2D eigenvalue weighted by molar-refractivity contribution is -0.733. The van der Waals surface area contributed by atoms with Crippen LogP contribution >= 0.6 is 22.6 Å². The van der Waals surface area contributed by atoms with Crippen molar-refractivity contribution >= 4 is 22.6 Å². The molecule has 14 heavy (non-hydrogen) atoms. The molecule has 0 unspecified atom stereocenters. The summed E-state index contributed by atoms with van der Waals surface area (Å²) in [7, 11) is 0. The van der Waals surface area contributed by atoms with E-state index in [0.29, 0.717) is 12.1 Å². The standard InChI is InChI=1S/C11H20IN2/c1-7(2)13-9(5)10(6)14(8(3)4)11(13)12/h7-8H,1-6H3/q+1. The highest BCUT2D eigenvalue weighted by Gasteiger charge is 2.26. The van der Waals surface area contributed by atoms with E-state index in [1.165, 1.54) is 15.2 Å². The lowest BCUT2D eigenvalue weighted by atomic mass is 10.3. The average molecular weight is 307 g/mol. The third kappa shape index (κ3) is 1.83. The van der Waals surface area contributed by atoms with E-state index in [2.05, 4.69) is 73.3 Å². The van der Waals surface area contributed by atoms with Crippen LogP contribution < -0.4 is 4.57 Å². The molecule has 1 aromatic heterocycles. The summed E-state index contributed by atoms with van der Waals surface area (Å²) in [5.74, 6) is 0. The minimum atomic E-state index is 0.542. The molecule has 3 heteroatoms. The van der Waals surface area contributed by atoms with Gasteiger partial charge in [0.15, 0.2) is 0 Å². The maximum atomic E-state index is 2.44. The predicted octanol–water partition coefficient (Wildman–Crippen LogP) is 3.16. The molecule has 0 aromatic carbocycles. The molecule has 0 radical (unpaired) electrons. The number of hydrogen-bond donors (Lipinski definition) is 0. The summed E-state index contributed by atoms with van der Waals surface area (Å²) < 4.78 is 6.13. The van der Waals surface area contributed by atoms with E-state index in [-0.39, 0.29) is 0 Å². The molecule has 0 N–H and O–H groups in total. The van der Waals surface area contributed by atoms with Gasteiger partial charge in [-0.05, 0) is 27.7 Å². The van der Waals surface area contributed by atoms with Gasteiger partial charge in [-0.1, -0.05) is 0 Å². The van der Waals surface area contributed by atoms with Crippen molar-refractivity contribution in [1.82, 2.24) is 4.57 Å². The van der Waals surface area contributed by atoms with Crippen molar-refractivity contribution in [1.29, 1.82) is 0 Å². The highest BCUT2D eigenvalue weighted by atomic mass is 127. The molecule has 0 aliphatic heterocycles. The second-order valence-electron chi connectivity index (χ2n) is 4.37. The SMILES string of the molecule is Cc1c(C)[n+](C(C)C)c(I)n1C(C)C. The minimum Gasteiger partial charge on any atom is -0.220 e. The molecular weight excluding hydrogens is 287 g/mol. The maximum absolute atomic E-state index is 2.44. The fraction of sp³-hybridized carbons (Fsp3) is 0.727. The van der Waals surface area contributed by atoms with Gasteiger partial charge in [0.1, 0.15) is 11.4 Å². The number of halogens is 1. The first kappa shape index (κ1) is 12.0. The summed E-state index contributed by atoms with van der Waals surface area (Å²) in [6, 6.07) is 1.08. The highest BCUT2D eigenvalue weighted by molar-refractivity contribution is 14.1. The van der Waals surface area contributed by atoms with Gasteiger partial charge < -0.3 is 0 Å². The van der Waals surface area contributed by atoms with Crippen molar-refractivity contribution in [2.24, 2.45) is 0 Å². The van der Waals surface area contributed by atoms with Gasteiger partial charge in [-0.2, -0.15) is 0 Å². The molecule has 80 valence electrons. The van der Waals surface area contributed by atoms with Gasteiger partial charge in [-0.25, -0.2) is 9.13 Å². The number of nitrogens with zero attached hydrogens (tertiary/aromatic N) is 2.